The lowest BCUT2D eigenvalue weighted by Crippen LogP contribution is -2.17. The van der Waals surface area contributed by atoms with E-state index in [9.17, 15) is 0 Å². The van der Waals surface area contributed by atoms with E-state index in [0.29, 0.717) is 5.22 Å². The number of benzene rings is 1. The van der Waals surface area contributed by atoms with E-state index in [4.69, 9.17) is 21.8 Å². The van der Waals surface area contributed by atoms with Gasteiger partial charge in [-0.1, -0.05) is 6.07 Å². The second-order valence-electron chi connectivity index (χ2n) is 3.60. The smallest absolute Gasteiger partial charge is 0.194 e. The monoisotopic (exact) mass is 209 g/mol. The zero-order chi connectivity index (χ0) is 10.1. The standard InChI is InChI=1S/C11H12ClNO/c1-7(13)4-8-2-3-10-9(5-8)6-11(12)14-10/h2-3,5-7H,4,13H2,1H3. The van der Waals surface area contributed by atoms with Crippen molar-refractivity contribution in [2.45, 2.75) is 19.4 Å². The van der Waals surface area contributed by atoms with Crippen molar-refractivity contribution in [2.75, 3.05) is 0 Å². The van der Waals surface area contributed by atoms with Gasteiger partial charge in [0.25, 0.3) is 0 Å². The zero-order valence-electron chi connectivity index (χ0n) is 7.96. The first-order valence-electron chi connectivity index (χ1n) is 4.59. The third kappa shape index (κ3) is 1.91. The van der Waals surface area contributed by atoms with Crippen molar-refractivity contribution >= 4 is 22.6 Å². The van der Waals surface area contributed by atoms with Crippen LogP contribution in [0.3, 0.4) is 0 Å². The fourth-order valence-corrected chi connectivity index (χ4v) is 1.76. The Morgan fingerprint density at radius 2 is 2.21 bits per heavy atom. The van der Waals surface area contributed by atoms with E-state index in [-0.39, 0.29) is 6.04 Å². The number of rotatable bonds is 2. The Morgan fingerprint density at radius 3 is 2.93 bits per heavy atom. The molecule has 2 nitrogen and oxygen atoms in total. The van der Waals surface area contributed by atoms with Crippen molar-refractivity contribution in [3.63, 3.8) is 0 Å². The van der Waals surface area contributed by atoms with Crippen LogP contribution in [0.5, 0.6) is 0 Å². The van der Waals surface area contributed by atoms with E-state index in [1.54, 1.807) is 0 Å². The van der Waals surface area contributed by atoms with Gasteiger partial charge in [-0.25, -0.2) is 0 Å². The molecule has 14 heavy (non-hydrogen) atoms. The summed E-state index contributed by atoms with van der Waals surface area (Å²) in [6, 6.07) is 8.01. The van der Waals surface area contributed by atoms with Gasteiger partial charge in [-0.15, -0.1) is 0 Å². The van der Waals surface area contributed by atoms with Gasteiger partial charge < -0.3 is 10.2 Å². The first kappa shape index (κ1) is 9.56. The van der Waals surface area contributed by atoms with E-state index in [0.717, 1.165) is 17.4 Å². The highest BCUT2D eigenvalue weighted by atomic mass is 35.5. The van der Waals surface area contributed by atoms with Gasteiger partial charge in [-0.3, -0.25) is 0 Å². The summed E-state index contributed by atoms with van der Waals surface area (Å²) >= 11 is 5.75. The highest BCUT2D eigenvalue weighted by molar-refractivity contribution is 6.29. The molecule has 0 aliphatic rings. The number of furan rings is 1. The molecule has 0 amide bonds. The predicted octanol–water partition coefficient (Wildman–Crippen LogP) is 2.98. The normalized spacial score (nSPS) is 13.4. The minimum atomic E-state index is 0.176. The summed E-state index contributed by atoms with van der Waals surface area (Å²) in [5, 5.41) is 1.46. The molecule has 0 saturated heterocycles. The molecule has 1 atom stereocenters. The third-order valence-corrected chi connectivity index (χ3v) is 2.29. The van der Waals surface area contributed by atoms with E-state index in [2.05, 4.69) is 6.07 Å². The second-order valence-corrected chi connectivity index (χ2v) is 3.98. The first-order chi connectivity index (χ1) is 6.65. The zero-order valence-corrected chi connectivity index (χ0v) is 8.71. The van der Waals surface area contributed by atoms with Crippen LogP contribution in [0.4, 0.5) is 0 Å². The van der Waals surface area contributed by atoms with Gasteiger partial charge in [-0.2, -0.15) is 0 Å². The SMILES string of the molecule is CC(N)Cc1ccc2oc(Cl)cc2c1. The van der Waals surface area contributed by atoms with E-state index < -0.39 is 0 Å². The van der Waals surface area contributed by atoms with E-state index >= 15 is 0 Å². The maximum atomic E-state index is 5.75. The molecule has 0 saturated carbocycles. The molecule has 2 aromatic rings. The van der Waals surface area contributed by atoms with Gasteiger partial charge in [0.15, 0.2) is 5.22 Å². The topological polar surface area (TPSA) is 39.2 Å². The number of halogens is 1. The molecule has 1 aromatic carbocycles. The number of fused-ring (bicyclic) bond motifs is 1. The van der Waals surface area contributed by atoms with E-state index in [1.807, 2.05) is 25.1 Å². The van der Waals surface area contributed by atoms with Crippen LogP contribution in [0.15, 0.2) is 28.7 Å². The fourth-order valence-electron chi connectivity index (χ4n) is 1.56. The third-order valence-electron chi connectivity index (χ3n) is 2.11. The average molecular weight is 210 g/mol. The predicted molar refractivity (Wildman–Crippen MR) is 58.6 cm³/mol. The van der Waals surface area contributed by atoms with Crippen LogP contribution >= 0.6 is 11.6 Å². The summed E-state index contributed by atoms with van der Waals surface area (Å²) in [7, 11) is 0. The molecule has 1 aromatic heterocycles. The lowest BCUT2D eigenvalue weighted by Gasteiger charge is -2.04. The summed E-state index contributed by atoms with van der Waals surface area (Å²) in [6.07, 6.45) is 0.874. The summed E-state index contributed by atoms with van der Waals surface area (Å²) in [5.74, 6) is 0. The van der Waals surface area contributed by atoms with Crippen molar-refractivity contribution in [2.24, 2.45) is 5.73 Å². The van der Waals surface area contributed by atoms with Gasteiger partial charge in [0.1, 0.15) is 5.58 Å². The Labute approximate surface area is 87.6 Å². The molecule has 0 radical (unpaired) electrons. The van der Waals surface area contributed by atoms with Crippen molar-refractivity contribution in [3.8, 4) is 0 Å². The van der Waals surface area contributed by atoms with Crippen LogP contribution in [0.25, 0.3) is 11.0 Å². The largest absolute Gasteiger partial charge is 0.445 e. The van der Waals surface area contributed by atoms with Crippen molar-refractivity contribution in [3.05, 3.63) is 35.0 Å². The van der Waals surface area contributed by atoms with Crippen LogP contribution < -0.4 is 5.73 Å². The molecule has 0 aliphatic carbocycles. The molecular weight excluding hydrogens is 198 g/mol. The Balaban J connectivity index is 2.40. The maximum Gasteiger partial charge on any atom is 0.194 e. The van der Waals surface area contributed by atoms with Crippen LogP contribution in [0.1, 0.15) is 12.5 Å². The summed E-state index contributed by atoms with van der Waals surface area (Å²) in [5.41, 5.74) is 7.76. The van der Waals surface area contributed by atoms with E-state index in [1.165, 1.54) is 5.56 Å². The molecule has 0 spiro atoms. The van der Waals surface area contributed by atoms with Crippen molar-refractivity contribution < 1.29 is 4.42 Å². The number of hydrogen-bond acceptors (Lipinski definition) is 2. The Bertz CT molecular complexity index is 447. The molecule has 2 rings (SSSR count). The molecule has 0 aliphatic heterocycles. The lowest BCUT2D eigenvalue weighted by atomic mass is 10.1. The maximum absolute atomic E-state index is 5.75. The van der Waals surface area contributed by atoms with Gasteiger partial charge in [0.05, 0.1) is 0 Å². The van der Waals surface area contributed by atoms with Crippen LogP contribution in [-0.4, -0.2) is 6.04 Å². The van der Waals surface area contributed by atoms with Crippen molar-refractivity contribution in [1.82, 2.24) is 0 Å². The molecule has 1 unspecified atom stereocenters. The quantitative estimate of drug-likeness (QED) is 0.826. The minimum absolute atomic E-state index is 0.176. The lowest BCUT2D eigenvalue weighted by molar-refractivity contribution is 0.617. The van der Waals surface area contributed by atoms with Crippen LogP contribution in [0.2, 0.25) is 5.22 Å². The van der Waals surface area contributed by atoms with Crippen LogP contribution in [0, 0.1) is 0 Å². The average Bonchev–Trinajstić information content (AvgIpc) is 2.42. The summed E-state index contributed by atoms with van der Waals surface area (Å²) < 4.78 is 5.26. The molecule has 2 N–H and O–H groups in total. The van der Waals surface area contributed by atoms with Crippen molar-refractivity contribution in [1.29, 1.82) is 0 Å². The fraction of sp³-hybridized carbons (Fsp3) is 0.273. The molecular formula is C11H12ClNO. The Morgan fingerprint density at radius 1 is 1.43 bits per heavy atom. The first-order valence-corrected chi connectivity index (χ1v) is 4.96. The van der Waals surface area contributed by atoms with Gasteiger partial charge in [0.2, 0.25) is 0 Å². The molecule has 0 fully saturated rings. The van der Waals surface area contributed by atoms with Gasteiger partial charge >= 0.3 is 0 Å². The summed E-state index contributed by atoms with van der Waals surface area (Å²) in [6.45, 7) is 1.99. The highest BCUT2D eigenvalue weighted by Gasteiger charge is 2.03. The minimum Gasteiger partial charge on any atom is -0.445 e. The molecule has 3 heteroatoms. The molecule has 0 bridgehead atoms. The Hall–Kier alpha value is -0.990. The molecule has 1 heterocycles. The number of hydrogen-bond donors (Lipinski definition) is 1. The van der Waals surface area contributed by atoms with Crippen LogP contribution in [-0.2, 0) is 6.42 Å². The highest BCUT2D eigenvalue weighted by Crippen LogP contribution is 2.24. The molecule has 74 valence electrons. The number of nitrogens with two attached hydrogens (primary N) is 1. The second kappa shape index (κ2) is 3.64. The van der Waals surface area contributed by atoms with Gasteiger partial charge in [0, 0.05) is 17.5 Å². The summed E-state index contributed by atoms with van der Waals surface area (Å²) in [4.78, 5) is 0. The van der Waals surface area contributed by atoms with Gasteiger partial charge in [-0.05, 0) is 42.6 Å². The Kier molecular flexibility index (Phi) is 2.48.